The second-order valence-electron chi connectivity index (χ2n) is 7.40. The van der Waals surface area contributed by atoms with Crippen LogP contribution in [0.25, 0.3) is 0 Å². The highest BCUT2D eigenvalue weighted by molar-refractivity contribution is 5.81. The topological polar surface area (TPSA) is 78.0 Å². The molecule has 7 heteroatoms. The van der Waals surface area contributed by atoms with Gasteiger partial charge < -0.3 is 20.7 Å². The minimum Gasteiger partial charge on any atom is -0.379 e. The van der Waals surface area contributed by atoms with Crippen LogP contribution in [0.15, 0.2) is 29.3 Å². The van der Waals surface area contributed by atoms with E-state index in [2.05, 4.69) is 57.0 Å². The van der Waals surface area contributed by atoms with Gasteiger partial charge in [-0.3, -0.25) is 9.69 Å². The Hall–Kier alpha value is -2.12. The number of carbonyl (C=O) groups is 1. The van der Waals surface area contributed by atoms with Crippen LogP contribution in [0.2, 0.25) is 0 Å². The average molecular weight is 388 g/mol. The van der Waals surface area contributed by atoms with Gasteiger partial charge in [-0.15, -0.1) is 0 Å². The molecule has 1 aliphatic carbocycles. The van der Waals surface area contributed by atoms with Crippen LogP contribution in [0.3, 0.4) is 0 Å². The Labute approximate surface area is 167 Å². The van der Waals surface area contributed by atoms with Crippen molar-refractivity contribution in [3.8, 4) is 0 Å². The molecule has 0 unspecified atom stereocenters. The SMILES string of the molecule is CCNC(=NCc1cccc(CN2CCOCC2)c1)NCCNC(=O)C1CC1. The lowest BCUT2D eigenvalue weighted by molar-refractivity contribution is -0.122. The standard InChI is InChI=1S/C21H33N5O2/c1-2-22-21(24-9-8-23-20(27)19-6-7-19)25-15-17-4-3-5-18(14-17)16-26-10-12-28-13-11-26/h3-5,14,19H,2,6-13,15-16H2,1H3,(H,23,27)(H2,22,24,25). The Bertz CT molecular complexity index is 654. The molecule has 3 rings (SSSR count). The van der Waals surface area contributed by atoms with Gasteiger partial charge >= 0.3 is 0 Å². The van der Waals surface area contributed by atoms with E-state index in [1.165, 1.54) is 11.1 Å². The number of hydrogen-bond donors (Lipinski definition) is 3. The van der Waals surface area contributed by atoms with Crippen LogP contribution in [-0.4, -0.2) is 62.7 Å². The molecule has 0 spiro atoms. The maximum absolute atomic E-state index is 11.7. The quantitative estimate of drug-likeness (QED) is 0.336. The molecule has 2 aliphatic rings. The Morgan fingerprint density at radius 1 is 1.14 bits per heavy atom. The summed E-state index contributed by atoms with van der Waals surface area (Å²) < 4.78 is 5.42. The summed E-state index contributed by atoms with van der Waals surface area (Å²) >= 11 is 0. The predicted octanol–water partition coefficient (Wildman–Crippen LogP) is 1.10. The Morgan fingerprint density at radius 3 is 2.64 bits per heavy atom. The third-order valence-corrected chi connectivity index (χ3v) is 4.93. The molecular weight excluding hydrogens is 354 g/mol. The van der Waals surface area contributed by atoms with Gasteiger partial charge in [0.25, 0.3) is 0 Å². The number of morpholine rings is 1. The van der Waals surface area contributed by atoms with Gasteiger partial charge in [-0.1, -0.05) is 24.3 Å². The molecule has 1 amide bonds. The number of aliphatic imine (C=N–C) groups is 1. The molecule has 28 heavy (non-hydrogen) atoms. The van der Waals surface area contributed by atoms with E-state index < -0.39 is 0 Å². The fraction of sp³-hybridized carbons (Fsp3) is 0.619. The highest BCUT2D eigenvalue weighted by Gasteiger charge is 2.28. The van der Waals surface area contributed by atoms with E-state index >= 15 is 0 Å². The third kappa shape index (κ3) is 7.13. The molecule has 7 nitrogen and oxygen atoms in total. The van der Waals surface area contributed by atoms with E-state index in [-0.39, 0.29) is 11.8 Å². The summed E-state index contributed by atoms with van der Waals surface area (Å²) in [6.07, 6.45) is 2.07. The minimum atomic E-state index is 0.181. The molecule has 154 valence electrons. The zero-order chi connectivity index (χ0) is 19.6. The van der Waals surface area contributed by atoms with E-state index in [0.717, 1.165) is 58.2 Å². The average Bonchev–Trinajstić information content (AvgIpc) is 3.56. The number of carbonyl (C=O) groups excluding carboxylic acids is 1. The van der Waals surface area contributed by atoms with Crippen molar-refractivity contribution in [3.05, 3.63) is 35.4 Å². The maximum Gasteiger partial charge on any atom is 0.223 e. The summed E-state index contributed by atoms with van der Waals surface area (Å²) in [7, 11) is 0. The molecular formula is C21H33N5O2. The van der Waals surface area contributed by atoms with Gasteiger partial charge in [-0.2, -0.15) is 0 Å². The van der Waals surface area contributed by atoms with Gasteiger partial charge in [0.2, 0.25) is 5.91 Å². The number of nitrogens with one attached hydrogen (secondary N) is 3. The lowest BCUT2D eigenvalue weighted by Crippen LogP contribution is -2.41. The second-order valence-corrected chi connectivity index (χ2v) is 7.40. The molecule has 1 heterocycles. The van der Waals surface area contributed by atoms with E-state index in [1.807, 2.05) is 0 Å². The maximum atomic E-state index is 11.7. The number of rotatable bonds is 9. The first-order chi connectivity index (χ1) is 13.7. The van der Waals surface area contributed by atoms with Crippen molar-refractivity contribution in [2.75, 3.05) is 45.9 Å². The molecule has 1 saturated heterocycles. The highest BCUT2D eigenvalue weighted by atomic mass is 16.5. The Morgan fingerprint density at radius 2 is 1.89 bits per heavy atom. The van der Waals surface area contributed by atoms with Crippen molar-refractivity contribution < 1.29 is 9.53 Å². The van der Waals surface area contributed by atoms with Crippen LogP contribution >= 0.6 is 0 Å². The summed E-state index contributed by atoms with van der Waals surface area (Å²) in [5, 5.41) is 9.51. The van der Waals surface area contributed by atoms with Gasteiger partial charge in [0.15, 0.2) is 5.96 Å². The van der Waals surface area contributed by atoms with E-state index in [0.29, 0.717) is 19.6 Å². The fourth-order valence-electron chi connectivity index (χ4n) is 3.21. The van der Waals surface area contributed by atoms with Crippen molar-refractivity contribution >= 4 is 11.9 Å². The predicted molar refractivity (Wildman–Crippen MR) is 111 cm³/mol. The first-order valence-corrected chi connectivity index (χ1v) is 10.4. The fourth-order valence-corrected chi connectivity index (χ4v) is 3.21. The number of hydrogen-bond acceptors (Lipinski definition) is 4. The minimum absolute atomic E-state index is 0.181. The van der Waals surface area contributed by atoms with E-state index in [1.54, 1.807) is 0 Å². The normalized spacial score (nSPS) is 18.0. The lowest BCUT2D eigenvalue weighted by Gasteiger charge is -2.26. The van der Waals surface area contributed by atoms with Crippen LogP contribution in [0.1, 0.15) is 30.9 Å². The number of nitrogens with zero attached hydrogens (tertiary/aromatic N) is 2. The lowest BCUT2D eigenvalue weighted by atomic mass is 10.1. The van der Waals surface area contributed by atoms with Crippen molar-refractivity contribution in [2.45, 2.75) is 32.9 Å². The molecule has 3 N–H and O–H groups in total. The van der Waals surface area contributed by atoms with Gasteiger partial charge in [-0.05, 0) is 30.9 Å². The molecule has 1 aromatic rings. The zero-order valence-corrected chi connectivity index (χ0v) is 16.9. The monoisotopic (exact) mass is 387 g/mol. The second kappa shape index (κ2) is 11.0. The molecule has 1 aliphatic heterocycles. The Kier molecular flexibility index (Phi) is 8.11. The number of amides is 1. The zero-order valence-electron chi connectivity index (χ0n) is 16.9. The van der Waals surface area contributed by atoms with Crippen LogP contribution in [0.5, 0.6) is 0 Å². The van der Waals surface area contributed by atoms with Gasteiger partial charge in [0.05, 0.1) is 19.8 Å². The summed E-state index contributed by atoms with van der Waals surface area (Å²) in [6.45, 7) is 9.36. The van der Waals surface area contributed by atoms with Crippen molar-refractivity contribution in [1.29, 1.82) is 0 Å². The summed E-state index contributed by atoms with van der Waals surface area (Å²) in [5.41, 5.74) is 2.51. The van der Waals surface area contributed by atoms with E-state index in [9.17, 15) is 4.79 Å². The van der Waals surface area contributed by atoms with E-state index in [4.69, 9.17) is 4.74 Å². The summed E-state index contributed by atoms with van der Waals surface area (Å²) in [5.74, 6) is 1.22. The van der Waals surface area contributed by atoms with Gasteiger partial charge in [0, 0.05) is 45.2 Å². The van der Waals surface area contributed by atoms with Gasteiger partial charge in [0.1, 0.15) is 0 Å². The molecule has 0 bridgehead atoms. The molecule has 0 aromatic heterocycles. The molecule has 1 saturated carbocycles. The summed E-state index contributed by atoms with van der Waals surface area (Å²) in [4.78, 5) is 18.8. The van der Waals surface area contributed by atoms with Crippen molar-refractivity contribution in [3.63, 3.8) is 0 Å². The first-order valence-electron chi connectivity index (χ1n) is 10.4. The third-order valence-electron chi connectivity index (χ3n) is 4.93. The largest absolute Gasteiger partial charge is 0.379 e. The van der Waals surface area contributed by atoms with Crippen LogP contribution in [0, 0.1) is 5.92 Å². The van der Waals surface area contributed by atoms with Crippen molar-refractivity contribution in [2.24, 2.45) is 10.9 Å². The van der Waals surface area contributed by atoms with Crippen LogP contribution < -0.4 is 16.0 Å². The smallest absolute Gasteiger partial charge is 0.223 e. The van der Waals surface area contributed by atoms with Crippen molar-refractivity contribution in [1.82, 2.24) is 20.9 Å². The molecule has 1 aromatic carbocycles. The highest BCUT2D eigenvalue weighted by Crippen LogP contribution is 2.28. The molecule has 0 atom stereocenters. The molecule has 2 fully saturated rings. The van der Waals surface area contributed by atoms with Crippen LogP contribution in [0.4, 0.5) is 0 Å². The Balaban J connectivity index is 1.45. The first kappa shape index (κ1) is 20.6. The number of benzene rings is 1. The summed E-state index contributed by atoms with van der Waals surface area (Å²) in [6, 6.07) is 8.63. The number of ether oxygens (including phenoxy) is 1. The van der Waals surface area contributed by atoms with Gasteiger partial charge in [-0.25, -0.2) is 4.99 Å². The van der Waals surface area contributed by atoms with Crippen LogP contribution in [-0.2, 0) is 22.6 Å². The number of guanidine groups is 1. The molecule has 0 radical (unpaired) electrons.